The summed E-state index contributed by atoms with van der Waals surface area (Å²) in [6.45, 7) is 8.08. The number of nitrogens with one attached hydrogen (secondary N) is 1. The molecule has 3 atom stereocenters. The van der Waals surface area contributed by atoms with Crippen molar-refractivity contribution in [3.05, 3.63) is 52.5 Å². The lowest BCUT2D eigenvalue weighted by Crippen LogP contribution is -2.38. The Hall–Kier alpha value is -2.41. The molecule has 1 aliphatic rings. The topological polar surface area (TPSA) is 71.5 Å². The number of alkyl carbamates (subject to hydrolysis) is 1. The van der Waals surface area contributed by atoms with Crippen molar-refractivity contribution >= 4 is 23.3 Å². The van der Waals surface area contributed by atoms with E-state index in [0.29, 0.717) is 13.0 Å². The second-order valence-electron chi connectivity index (χ2n) is 8.09. The minimum atomic E-state index is -0.586. The molecular weight excluding hydrogens is 374 g/mol. The summed E-state index contributed by atoms with van der Waals surface area (Å²) >= 11 is 1.47. The number of amides is 2. The van der Waals surface area contributed by atoms with Gasteiger partial charge in [0.05, 0.1) is 12.1 Å². The van der Waals surface area contributed by atoms with Crippen LogP contribution in [0, 0.1) is 5.92 Å². The van der Waals surface area contributed by atoms with Crippen LogP contribution in [0.5, 0.6) is 0 Å². The summed E-state index contributed by atoms with van der Waals surface area (Å²) in [6, 6.07) is 9.61. The molecule has 2 amide bonds. The van der Waals surface area contributed by atoms with Crippen molar-refractivity contribution in [1.82, 2.24) is 15.2 Å². The summed E-state index contributed by atoms with van der Waals surface area (Å²) in [5.41, 5.74) is 0.513. The summed E-state index contributed by atoms with van der Waals surface area (Å²) in [6.07, 6.45) is 1.59. The van der Waals surface area contributed by atoms with Gasteiger partial charge in [-0.15, -0.1) is 11.3 Å². The quantitative estimate of drug-likeness (QED) is 0.810. The Labute approximate surface area is 169 Å². The van der Waals surface area contributed by atoms with Crippen molar-refractivity contribution in [1.29, 1.82) is 0 Å². The van der Waals surface area contributed by atoms with E-state index in [1.54, 1.807) is 6.20 Å². The van der Waals surface area contributed by atoms with Crippen LogP contribution in [0.25, 0.3) is 0 Å². The maximum atomic E-state index is 12.8. The lowest BCUT2D eigenvalue weighted by Gasteiger charge is -2.28. The van der Waals surface area contributed by atoms with Gasteiger partial charge in [-0.05, 0) is 33.3 Å². The van der Waals surface area contributed by atoms with Crippen molar-refractivity contribution in [2.45, 2.75) is 51.8 Å². The Morgan fingerprint density at radius 1 is 1.32 bits per heavy atom. The standard InChI is InChI=1S/C21H27N3O3S/c1-14(15-8-6-5-7-9-15)24-13-16(12-17(24)25)18(19-22-10-11-28-19)23-20(26)27-21(2,3)4/h5-11,14,16,18H,12-13H2,1-4H3,(H,23,26)/t14?,16?,18-/m1/s1. The van der Waals surface area contributed by atoms with E-state index in [1.165, 1.54) is 11.3 Å². The molecule has 1 N–H and O–H groups in total. The number of likely N-dealkylation sites (tertiary alicyclic amines) is 1. The molecule has 0 aliphatic carbocycles. The van der Waals surface area contributed by atoms with Crippen molar-refractivity contribution in [3.63, 3.8) is 0 Å². The SMILES string of the molecule is CC(c1ccccc1)N1CC([C@@H](NC(=O)OC(C)(C)C)c2nccs2)CC1=O. The van der Waals surface area contributed by atoms with Gasteiger partial charge in [0.2, 0.25) is 5.91 Å². The predicted octanol–water partition coefficient (Wildman–Crippen LogP) is 4.32. The van der Waals surface area contributed by atoms with Gasteiger partial charge in [-0.2, -0.15) is 0 Å². The lowest BCUT2D eigenvalue weighted by molar-refractivity contribution is -0.129. The number of rotatable bonds is 5. The molecule has 2 heterocycles. The molecule has 6 nitrogen and oxygen atoms in total. The summed E-state index contributed by atoms with van der Waals surface area (Å²) in [7, 11) is 0. The highest BCUT2D eigenvalue weighted by Crippen LogP contribution is 2.36. The first kappa shape index (κ1) is 20.3. The molecule has 2 unspecified atom stereocenters. The molecule has 1 aromatic heterocycles. The number of aromatic nitrogens is 1. The van der Waals surface area contributed by atoms with Crippen molar-refractivity contribution in [3.8, 4) is 0 Å². The second kappa shape index (κ2) is 8.31. The number of carbonyl (C=O) groups excluding carboxylic acids is 2. The van der Waals surface area contributed by atoms with Crippen LogP contribution in [0.1, 0.15) is 56.8 Å². The van der Waals surface area contributed by atoms with Crippen molar-refractivity contribution < 1.29 is 14.3 Å². The largest absolute Gasteiger partial charge is 0.444 e. The second-order valence-corrected chi connectivity index (χ2v) is 9.02. The lowest BCUT2D eigenvalue weighted by atomic mass is 9.99. The fraction of sp³-hybridized carbons (Fsp3) is 0.476. The van der Waals surface area contributed by atoms with Crippen molar-refractivity contribution in [2.75, 3.05) is 6.54 Å². The Kier molecular flexibility index (Phi) is 6.03. The average molecular weight is 402 g/mol. The highest BCUT2D eigenvalue weighted by atomic mass is 32.1. The Morgan fingerprint density at radius 3 is 2.64 bits per heavy atom. The van der Waals surface area contributed by atoms with Crippen LogP contribution in [-0.2, 0) is 9.53 Å². The number of benzene rings is 1. The van der Waals surface area contributed by atoms with Crippen LogP contribution in [0.15, 0.2) is 41.9 Å². The van der Waals surface area contributed by atoms with Gasteiger partial charge in [0.1, 0.15) is 10.6 Å². The van der Waals surface area contributed by atoms with Crippen LogP contribution in [0.2, 0.25) is 0 Å². The summed E-state index contributed by atoms with van der Waals surface area (Å²) in [5.74, 6) is 0.0335. The van der Waals surface area contributed by atoms with Crippen LogP contribution in [0.3, 0.4) is 0 Å². The molecular formula is C21H27N3O3S. The summed E-state index contributed by atoms with van der Waals surface area (Å²) < 4.78 is 5.42. The molecule has 28 heavy (non-hydrogen) atoms. The zero-order valence-corrected chi connectivity index (χ0v) is 17.5. The molecule has 0 saturated carbocycles. The first-order chi connectivity index (χ1) is 13.2. The van der Waals surface area contributed by atoms with E-state index in [-0.39, 0.29) is 23.9 Å². The predicted molar refractivity (Wildman–Crippen MR) is 109 cm³/mol. The fourth-order valence-electron chi connectivity index (χ4n) is 3.47. The molecule has 0 bridgehead atoms. The van der Waals surface area contributed by atoms with Gasteiger partial charge in [-0.1, -0.05) is 30.3 Å². The zero-order chi connectivity index (χ0) is 20.3. The molecule has 1 aliphatic heterocycles. The van der Waals surface area contributed by atoms with E-state index in [2.05, 4.69) is 10.3 Å². The third kappa shape index (κ3) is 4.90. The number of hydrogen-bond donors (Lipinski definition) is 1. The van der Waals surface area contributed by atoms with Crippen molar-refractivity contribution in [2.24, 2.45) is 5.92 Å². The van der Waals surface area contributed by atoms with Crippen LogP contribution >= 0.6 is 11.3 Å². The van der Waals surface area contributed by atoms with E-state index in [4.69, 9.17) is 4.74 Å². The van der Waals surface area contributed by atoms with E-state index >= 15 is 0 Å². The van der Waals surface area contributed by atoms with Gasteiger partial charge in [0.15, 0.2) is 0 Å². The van der Waals surface area contributed by atoms with Crippen LogP contribution < -0.4 is 5.32 Å². The molecule has 0 radical (unpaired) electrons. The highest BCUT2D eigenvalue weighted by molar-refractivity contribution is 7.09. The van der Waals surface area contributed by atoms with E-state index in [0.717, 1.165) is 10.6 Å². The van der Waals surface area contributed by atoms with Gasteiger partial charge in [-0.25, -0.2) is 9.78 Å². The maximum absolute atomic E-state index is 12.8. The first-order valence-electron chi connectivity index (χ1n) is 9.48. The zero-order valence-electron chi connectivity index (χ0n) is 16.7. The minimum Gasteiger partial charge on any atom is -0.444 e. The summed E-state index contributed by atoms with van der Waals surface area (Å²) in [4.78, 5) is 31.4. The molecule has 2 aromatic rings. The Balaban J connectivity index is 1.76. The normalized spacial score (nSPS) is 19.4. The van der Waals surface area contributed by atoms with Gasteiger partial charge < -0.3 is 15.0 Å². The third-order valence-electron chi connectivity index (χ3n) is 4.80. The maximum Gasteiger partial charge on any atom is 0.408 e. The van der Waals surface area contributed by atoms with Gasteiger partial charge in [0.25, 0.3) is 0 Å². The van der Waals surface area contributed by atoms with E-state index in [9.17, 15) is 9.59 Å². The minimum absolute atomic E-state index is 0.0165. The Bertz CT molecular complexity index is 802. The van der Waals surface area contributed by atoms with Gasteiger partial charge >= 0.3 is 6.09 Å². The average Bonchev–Trinajstić information content (AvgIpc) is 3.28. The molecule has 1 aromatic carbocycles. The molecule has 0 spiro atoms. The van der Waals surface area contributed by atoms with Crippen LogP contribution in [-0.4, -0.2) is 34.0 Å². The number of hydrogen-bond acceptors (Lipinski definition) is 5. The fourth-order valence-corrected chi connectivity index (χ4v) is 4.25. The number of ether oxygens (including phenoxy) is 1. The first-order valence-corrected chi connectivity index (χ1v) is 10.4. The van der Waals surface area contributed by atoms with E-state index in [1.807, 2.05) is 68.3 Å². The monoisotopic (exact) mass is 401 g/mol. The number of carbonyl (C=O) groups is 2. The highest BCUT2D eigenvalue weighted by Gasteiger charge is 2.40. The summed E-state index contributed by atoms with van der Waals surface area (Å²) in [5, 5.41) is 5.61. The number of nitrogens with zero attached hydrogens (tertiary/aromatic N) is 2. The molecule has 1 fully saturated rings. The molecule has 3 rings (SSSR count). The van der Waals surface area contributed by atoms with E-state index < -0.39 is 11.7 Å². The van der Waals surface area contributed by atoms with Gasteiger partial charge in [-0.3, -0.25) is 4.79 Å². The number of thiazole rings is 1. The molecule has 1 saturated heterocycles. The molecule has 7 heteroatoms. The van der Waals surface area contributed by atoms with Gasteiger partial charge in [0, 0.05) is 30.5 Å². The molecule has 150 valence electrons. The van der Waals surface area contributed by atoms with Crippen LogP contribution in [0.4, 0.5) is 4.79 Å². The Morgan fingerprint density at radius 2 is 2.04 bits per heavy atom. The third-order valence-corrected chi connectivity index (χ3v) is 5.66. The smallest absolute Gasteiger partial charge is 0.408 e.